The second-order valence-corrected chi connectivity index (χ2v) is 6.80. The predicted molar refractivity (Wildman–Crippen MR) is 99.1 cm³/mol. The Hall–Kier alpha value is -3.61. The van der Waals surface area contributed by atoms with Crippen molar-refractivity contribution in [2.75, 3.05) is 0 Å². The summed E-state index contributed by atoms with van der Waals surface area (Å²) >= 11 is 0. The zero-order chi connectivity index (χ0) is 20.2. The summed E-state index contributed by atoms with van der Waals surface area (Å²) in [6, 6.07) is 7.46. The van der Waals surface area contributed by atoms with E-state index >= 15 is 0 Å². The van der Waals surface area contributed by atoms with Gasteiger partial charge in [-0.2, -0.15) is 0 Å². The third-order valence-corrected chi connectivity index (χ3v) is 4.93. The molecule has 0 fully saturated rings. The Labute approximate surface area is 158 Å². The first-order valence-electron chi connectivity index (χ1n) is 8.61. The van der Waals surface area contributed by atoms with Crippen LogP contribution in [0.25, 0.3) is 11.0 Å². The molecule has 1 aliphatic heterocycles. The van der Waals surface area contributed by atoms with Gasteiger partial charge in [0.2, 0.25) is 0 Å². The molecule has 2 heterocycles. The van der Waals surface area contributed by atoms with Crippen molar-refractivity contribution in [3.63, 3.8) is 0 Å². The Balaban J connectivity index is 2.17. The molecule has 0 amide bonds. The predicted octanol–water partition coefficient (Wildman–Crippen LogP) is 3.16. The van der Waals surface area contributed by atoms with Gasteiger partial charge in [-0.1, -0.05) is 12.1 Å². The SMILES string of the molecule is CC(=O)c1c2c(c3oc(=O)cc(C)c3c1O)C(c1ccc(O)cc1)CC(=O)O2. The van der Waals surface area contributed by atoms with Crippen LogP contribution in [0.2, 0.25) is 0 Å². The molecule has 0 bridgehead atoms. The van der Waals surface area contributed by atoms with Crippen LogP contribution in [0.4, 0.5) is 0 Å². The lowest BCUT2D eigenvalue weighted by molar-refractivity contribution is -0.135. The van der Waals surface area contributed by atoms with Crippen LogP contribution in [0.5, 0.6) is 17.2 Å². The highest BCUT2D eigenvalue weighted by Crippen LogP contribution is 2.49. The molecule has 1 unspecified atom stereocenters. The number of aromatic hydroxyl groups is 2. The molecule has 0 radical (unpaired) electrons. The van der Waals surface area contributed by atoms with Crippen molar-refractivity contribution in [1.29, 1.82) is 0 Å². The number of esters is 1. The third-order valence-electron chi connectivity index (χ3n) is 4.93. The molecule has 142 valence electrons. The van der Waals surface area contributed by atoms with Gasteiger partial charge in [0.25, 0.3) is 0 Å². The highest BCUT2D eigenvalue weighted by Gasteiger charge is 2.37. The fourth-order valence-corrected chi connectivity index (χ4v) is 3.73. The minimum atomic E-state index is -0.622. The summed E-state index contributed by atoms with van der Waals surface area (Å²) in [4.78, 5) is 36.6. The molecule has 0 saturated heterocycles. The first-order valence-corrected chi connectivity index (χ1v) is 8.61. The van der Waals surface area contributed by atoms with Gasteiger partial charge in [0.15, 0.2) is 11.5 Å². The molecule has 28 heavy (non-hydrogen) atoms. The molecular formula is C21H16O7. The van der Waals surface area contributed by atoms with Crippen LogP contribution >= 0.6 is 0 Å². The van der Waals surface area contributed by atoms with Crippen LogP contribution in [0.1, 0.15) is 46.3 Å². The summed E-state index contributed by atoms with van der Waals surface area (Å²) in [5.74, 6) is -2.07. The maximum Gasteiger partial charge on any atom is 0.336 e. The molecule has 7 nitrogen and oxygen atoms in total. The zero-order valence-corrected chi connectivity index (χ0v) is 15.1. The number of benzene rings is 2. The molecule has 7 heteroatoms. The number of hydrogen-bond donors (Lipinski definition) is 2. The number of phenols is 2. The van der Waals surface area contributed by atoms with Gasteiger partial charge in [0.1, 0.15) is 22.6 Å². The molecule has 3 aromatic rings. The molecule has 1 atom stereocenters. The maximum atomic E-state index is 12.3. The average molecular weight is 380 g/mol. The topological polar surface area (TPSA) is 114 Å². The highest BCUT2D eigenvalue weighted by molar-refractivity contribution is 6.09. The van der Waals surface area contributed by atoms with E-state index in [-0.39, 0.29) is 40.2 Å². The minimum absolute atomic E-state index is 0.0490. The van der Waals surface area contributed by atoms with E-state index in [0.29, 0.717) is 16.7 Å². The van der Waals surface area contributed by atoms with Crippen LogP contribution in [0, 0.1) is 6.92 Å². The Morgan fingerprint density at radius 2 is 1.82 bits per heavy atom. The second kappa shape index (κ2) is 6.23. The van der Waals surface area contributed by atoms with Gasteiger partial charge in [-0.3, -0.25) is 9.59 Å². The minimum Gasteiger partial charge on any atom is -0.508 e. The summed E-state index contributed by atoms with van der Waals surface area (Å²) in [5.41, 5.74) is 0.786. The van der Waals surface area contributed by atoms with Crippen molar-refractivity contribution in [2.24, 2.45) is 0 Å². The van der Waals surface area contributed by atoms with E-state index in [9.17, 15) is 24.6 Å². The van der Waals surface area contributed by atoms with Gasteiger partial charge < -0.3 is 19.4 Å². The number of hydrogen-bond acceptors (Lipinski definition) is 7. The van der Waals surface area contributed by atoms with Gasteiger partial charge in [0.05, 0.1) is 11.8 Å². The van der Waals surface area contributed by atoms with E-state index in [1.165, 1.54) is 25.1 Å². The molecule has 1 aliphatic rings. The average Bonchev–Trinajstić information content (AvgIpc) is 2.60. The third kappa shape index (κ3) is 2.63. The summed E-state index contributed by atoms with van der Waals surface area (Å²) in [6.45, 7) is 2.88. The number of phenolic OH excluding ortho intramolecular Hbond substituents is 2. The normalized spacial score (nSPS) is 15.9. The Morgan fingerprint density at radius 1 is 1.14 bits per heavy atom. The highest BCUT2D eigenvalue weighted by atomic mass is 16.5. The van der Waals surface area contributed by atoms with Crippen LogP contribution in [-0.2, 0) is 4.79 Å². The van der Waals surface area contributed by atoms with E-state index < -0.39 is 23.3 Å². The summed E-state index contributed by atoms with van der Waals surface area (Å²) in [6.07, 6.45) is -0.0490. The largest absolute Gasteiger partial charge is 0.508 e. The standard InChI is InChI=1S/C21H16O7/c1-9-7-14(24)27-20-16(9)19(26)17(10(2)22)21-18(20)13(8-15(25)28-21)11-3-5-12(23)6-4-11/h3-7,13,23,26H,8H2,1-2H3. The lowest BCUT2D eigenvalue weighted by Gasteiger charge is -2.27. The molecular weight excluding hydrogens is 364 g/mol. The van der Waals surface area contributed by atoms with Crippen LogP contribution in [0.3, 0.4) is 0 Å². The van der Waals surface area contributed by atoms with Gasteiger partial charge in [0, 0.05) is 17.5 Å². The molecule has 2 N–H and O–H groups in total. The number of carbonyl (C=O) groups excluding carboxylic acids is 2. The van der Waals surface area contributed by atoms with E-state index in [4.69, 9.17) is 9.15 Å². The number of ketones is 1. The lowest BCUT2D eigenvalue weighted by atomic mass is 9.83. The number of Topliss-reactive ketones (excluding diaryl/α,β-unsaturated/α-hetero) is 1. The van der Waals surface area contributed by atoms with Crippen LogP contribution in [-0.4, -0.2) is 22.0 Å². The van der Waals surface area contributed by atoms with Crippen molar-refractivity contribution in [3.8, 4) is 17.2 Å². The smallest absolute Gasteiger partial charge is 0.336 e. The van der Waals surface area contributed by atoms with Crippen molar-refractivity contribution >= 4 is 22.7 Å². The molecule has 4 rings (SSSR count). The van der Waals surface area contributed by atoms with Crippen molar-refractivity contribution in [2.45, 2.75) is 26.2 Å². The molecule has 2 aromatic carbocycles. The number of ether oxygens (including phenoxy) is 1. The molecule has 0 saturated carbocycles. The van der Waals surface area contributed by atoms with Gasteiger partial charge >= 0.3 is 11.6 Å². The first kappa shape index (κ1) is 17.8. The van der Waals surface area contributed by atoms with Gasteiger partial charge in [-0.25, -0.2) is 4.79 Å². The molecule has 1 aromatic heterocycles. The fourth-order valence-electron chi connectivity index (χ4n) is 3.73. The van der Waals surface area contributed by atoms with E-state index in [2.05, 4.69) is 0 Å². The molecule has 0 spiro atoms. The number of rotatable bonds is 2. The molecule has 0 aliphatic carbocycles. The summed E-state index contributed by atoms with van der Waals surface area (Å²) in [7, 11) is 0. The van der Waals surface area contributed by atoms with E-state index in [0.717, 1.165) is 0 Å². The zero-order valence-electron chi connectivity index (χ0n) is 15.1. The number of carbonyl (C=O) groups is 2. The van der Waals surface area contributed by atoms with Crippen molar-refractivity contribution in [3.05, 3.63) is 63.0 Å². The maximum absolute atomic E-state index is 12.3. The van der Waals surface area contributed by atoms with Crippen molar-refractivity contribution < 1.29 is 29.0 Å². The Kier molecular flexibility index (Phi) is 3.96. The number of aryl methyl sites for hydroxylation is 1. The number of fused-ring (bicyclic) bond motifs is 3. The van der Waals surface area contributed by atoms with E-state index in [1.807, 2.05) is 0 Å². The summed E-state index contributed by atoms with van der Waals surface area (Å²) < 4.78 is 10.7. The van der Waals surface area contributed by atoms with Gasteiger partial charge in [-0.15, -0.1) is 0 Å². The van der Waals surface area contributed by atoms with Gasteiger partial charge in [-0.05, 0) is 37.1 Å². The van der Waals surface area contributed by atoms with E-state index in [1.54, 1.807) is 19.1 Å². The monoisotopic (exact) mass is 380 g/mol. The van der Waals surface area contributed by atoms with Crippen LogP contribution in [0.15, 0.2) is 39.5 Å². The fraction of sp³-hybridized carbons (Fsp3) is 0.190. The Morgan fingerprint density at radius 3 is 2.46 bits per heavy atom. The van der Waals surface area contributed by atoms with Crippen LogP contribution < -0.4 is 10.4 Å². The second-order valence-electron chi connectivity index (χ2n) is 6.80. The summed E-state index contributed by atoms with van der Waals surface area (Å²) in [5, 5.41) is 20.5. The first-order chi connectivity index (χ1) is 13.3. The quantitative estimate of drug-likeness (QED) is 0.304. The lowest BCUT2D eigenvalue weighted by Crippen LogP contribution is -2.23. The van der Waals surface area contributed by atoms with Crippen molar-refractivity contribution in [1.82, 2.24) is 0 Å². The Bertz CT molecular complexity index is 1200.